The highest BCUT2D eigenvalue weighted by molar-refractivity contribution is 5.93. The Kier molecular flexibility index (Phi) is 5.02. The molecule has 1 N–H and O–H groups in total. The van der Waals surface area contributed by atoms with E-state index in [-0.39, 0.29) is 64.7 Å². The third-order valence-corrected chi connectivity index (χ3v) is 9.72. The van der Waals surface area contributed by atoms with Crippen LogP contribution in [0.25, 0.3) is 0 Å². The predicted molar refractivity (Wildman–Crippen MR) is 107 cm³/mol. The molecule has 4 saturated carbocycles. The lowest BCUT2D eigenvalue weighted by Gasteiger charge is -2.58. The highest BCUT2D eigenvalue weighted by Crippen LogP contribution is 2.66. The maximum Gasteiger partial charge on any atom is 0.303 e. The molecular formula is C24H34O5. The summed E-state index contributed by atoms with van der Waals surface area (Å²) in [5, 5.41) is 9.06. The Morgan fingerprint density at radius 2 is 1.83 bits per heavy atom. The van der Waals surface area contributed by atoms with E-state index in [9.17, 15) is 19.2 Å². The van der Waals surface area contributed by atoms with E-state index in [1.54, 1.807) is 0 Å². The molecule has 0 bridgehead atoms. The minimum atomic E-state index is -0.792. The average molecular weight is 403 g/mol. The van der Waals surface area contributed by atoms with Crippen LogP contribution in [0, 0.1) is 46.3 Å². The van der Waals surface area contributed by atoms with E-state index in [1.807, 2.05) is 0 Å². The van der Waals surface area contributed by atoms with Crippen molar-refractivity contribution >= 4 is 23.3 Å². The number of aliphatic carboxylic acids is 1. The fraction of sp³-hybridized carbons (Fsp3) is 0.833. The van der Waals surface area contributed by atoms with Crippen LogP contribution < -0.4 is 0 Å². The van der Waals surface area contributed by atoms with E-state index >= 15 is 0 Å². The minimum Gasteiger partial charge on any atom is -0.481 e. The average Bonchev–Trinajstić information content (AvgIpc) is 3.01. The molecule has 4 aliphatic carbocycles. The van der Waals surface area contributed by atoms with Gasteiger partial charge in [0.05, 0.1) is 0 Å². The number of hydrogen-bond acceptors (Lipinski definition) is 4. The van der Waals surface area contributed by atoms with Gasteiger partial charge >= 0.3 is 5.97 Å². The summed E-state index contributed by atoms with van der Waals surface area (Å²) in [6.45, 7) is 6.37. The number of Topliss-reactive ketones (excluding diaryl/α,β-unsaturated/α-hetero) is 3. The van der Waals surface area contributed by atoms with Crippen LogP contribution in [0.2, 0.25) is 0 Å². The van der Waals surface area contributed by atoms with E-state index in [0.717, 1.165) is 19.3 Å². The van der Waals surface area contributed by atoms with Crippen LogP contribution in [-0.2, 0) is 19.2 Å². The second kappa shape index (κ2) is 7.02. The van der Waals surface area contributed by atoms with Gasteiger partial charge in [0.15, 0.2) is 0 Å². The molecule has 0 heterocycles. The Balaban J connectivity index is 1.63. The number of carboxylic acids is 1. The van der Waals surface area contributed by atoms with Crippen LogP contribution >= 0.6 is 0 Å². The molecule has 4 rings (SSSR count). The van der Waals surface area contributed by atoms with Gasteiger partial charge in [0.25, 0.3) is 0 Å². The molecular weight excluding hydrogens is 368 g/mol. The second-order valence-electron chi connectivity index (χ2n) is 10.9. The topological polar surface area (TPSA) is 88.5 Å². The first-order valence-electron chi connectivity index (χ1n) is 11.4. The summed E-state index contributed by atoms with van der Waals surface area (Å²) < 4.78 is 0. The van der Waals surface area contributed by atoms with Crippen molar-refractivity contribution in [1.82, 2.24) is 0 Å². The van der Waals surface area contributed by atoms with E-state index in [1.165, 1.54) is 0 Å². The van der Waals surface area contributed by atoms with Crippen molar-refractivity contribution in [1.29, 1.82) is 0 Å². The van der Waals surface area contributed by atoms with Gasteiger partial charge in [-0.05, 0) is 60.7 Å². The van der Waals surface area contributed by atoms with E-state index in [2.05, 4.69) is 20.8 Å². The third kappa shape index (κ3) is 3.02. The molecule has 160 valence electrons. The van der Waals surface area contributed by atoms with Crippen molar-refractivity contribution in [3.8, 4) is 0 Å². The zero-order valence-corrected chi connectivity index (χ0v) is 17.9. The molecule has 4 fully saturated rings. The normalized spacial score (nSPS) is 45.3. The first-order chi connectivity index (χ1) is 13.6. The largest absolute Gasteiger partial charge is 0.481 e. The van der Waals surface area contributed by atoms with Gasteiger partial charge in [0, 0.05) is 43.4 Å². The lowest BCUT2D eigenvalue weighted by Crippen LogP contribution is -2.60. The molecule has 0 aromatic heterocycles. The monoisotopic (exact) mass is 402 g/mol. The minimum absolute atomic E-state index is 0.0659. The number of carbonyl (C=O) groups is 4. The molecule has 0 unspecified atom stereocenters. The lowest BCUT2D eigenvalue weighted by atomic mass is 9.44. The van der Waals surface area contributed by atoms with Crippen molar-refractivity contribution < 1.29 is 24.3 Å². The molecule has 29 heavy (non-hydrogen) atoms. The summed E-state index contributed by atoms with van der Waals surface area (Å²) in [5.41, 5.74) is -0.598. The third-order valence-electron chi connectivity index (χ3n) is 9.72. The van der Waals surface area contributed by atoms with Crippen molar-refractivity contribution in [3.05, 3.63) is 0 Å². The summed E-state index contributed by atoms with van der Waals surface area (Å²) in [6.07, 6.45) is 5.33. The molecule has 0 aromatic rings. The fourth-order valence-electron chi connectivity index (χ4n) is 7.94. The molecule has 0 aromatic carbocycles. The summed E-state index contributed by atoms with van der Waals surface area (Å²) in [6, 6.07) is 0. The Bertz CT molecular complexity index is 756. The number of rotatable bonds is 4. The molecule has 0 spiro atoms. The van der Waals surface area contributed by atoms with Crippen LogP contribution in [0.5, 0.6) is 0 Å². The lowest BCUT2D eigenvalue weighted by molar-refractivity contribution is -0.166. The number of carbonyl (C=O) groups excluding carboxylic acids is 3. The van der Waals surface area contributed by atoms with Crippen LogP contribution in [0.3, 0.4) is 0 Å². The SMILES string of the molecule is C[C@H](CCC(=O)O)[C@H]1CC[C@@H]2[C@H]3C(=O)C[C@H]4CC(=O)CC[C@]4(C)[C@H]3CC(=O)[C@@]21C. The Hall–Kier alpha value is -1.52. The van der Waals surface area contributed by atoms with Crippen LogP contribution in [0.1, 0.15) is 78.6 Å². The molecule has 8 atom stereocenters. The predicted octanol–water partition coefficient (Wildman–Crippen LogP) is 4.07. The van der Waals surface area contributed by atoms with Gasteiger partial charge in [-0.3, -0.25) is 19.2 Å². The maximum atomic E-state index is 13.6. The zero-order chi connectivity index (χ0) is 21.1. The number of carboxylic acid groups (broad SMARTS) is 1. The van der Waals surface area contributed by atoms with Crippen molar-refractivity contribution in [2.45, 2.75) is 78.6 Å². The second-order valence-corrected chi connectivity index (χ2v) is 10.9. The molecule has 0 radical (unpaired) electrons. The highest BCUT2D eigenvalue weighted by Gasteiger charge is 2.66. The molecule has 4 aliphatic rings. The molecule has 0 aliphatic heterocycles. The van der Waals surface area contributed by atoms with Crippen molar-refractivity contribution in [2.24, 2.45) is 46.3 Å². The zero-order valence-electron chi connectivity index (χ0n) is 17.9. The molecule has 5 heteroatoms. The Morgan fingerprint density at radius 3 is 2.52 bits per heavy atom. The van der Waals surface area contributed by atoms with Crippen LogP contribution in [-0.4, -0.2) is 28.4 Å². The Labute approximate surface area is 173 Å². The smallest absolute Gasteiger partial charge is 0.303 e. The van der Waals surface area contributed by atoms with E-state index < -0.39 is 11.4 Å². The summed E-state index contributed by atoms with van der Waals surface area (Å²) >= 11 is 0. The number of hydrogen-bond donors (Lipinski definition) is 1. The Morgan fingerprint density at radius 1 is 1.10 bits per heavy atom. The van der Waals surface area contributed by atoms with Crippen molar-refractivity contribution in [3.63, 3.8) is 0 Å². The summed E-state index contributed by atoms with van der Waals surface area (Å²) in [4.78, 5) is 50.0. The van der Waals surface area contributed by atoms with Gasteiger partial charge in [0.1, 0.15) is 17.3 Å². The molecule has 0 saturated heterocycles. The van der Waals surface area contributed by atoms with Crippen LogP contribution in [0.4, 0.5) is 0 Å². The summed E-state index contributed by atoms with van der Waals surface area (Å²) in [7, 11) is 0. The summed E-state index contributed by atoms with van der Waals surface area (Å²) in [5.74, 6) is 0.524. The number of fused-ring (bicyclic) bond motifs is 5. The van der Waals surface area contributed by atoms with E-state index in [4.69, 9.17) is 5.11 Å². The first kappa shape index (κ1) is 20.7. The number of ketones is 3. The van der Waals surface area contributed by atoms with Crippen molar-refractivity contribution in [2.75, 3.05) is 0 Å². The quantitative estimate of drug-likeness (QED) is 0.766. The molecule has 0 amide bonds. The maximum absolute atomic E-state index is 13.6. The highest BCUT2D eigenvalue weighted by atomic mass is 16.4. The van der Waals surface area contributed by atoms with Gasteiger partial charge in [-0.15, -0.1) is 0 Å². The van der Waals surface area contributed by atoms with Crippen LogP contribution in [0.15, 0.2) is 0 Å². The van der Waals surface area contributed by atoms with Gasteiger partial charge in [-0.25, -0.2) is 0 Å². The van der Waals surface area contributed by atoms with Gasteiger partial charge in [-0.1, -0.05) is 20.8 Å². The van der Waals surface area contributed by atoms with Gasteiger partial charge < -0.3 is 5.11 Å². The van der Waals surface area contributed by atoms with Gasteiger partial charge in [-0.2, -0.15) is 0 Å². The molecule has 5 nitrogen and oxygen atoms in total. The standard InChI is InChI=1S/C24H34O5/c1-13(4-7-21(28)29)16-5-6-17-22-18(12-20(27)24(16,17)3)23(2)9-8-15(25)10-14(23)11-19(22)26/h13-14,16-18,22H,4-12H2,1-3H3,(H,28,29)/t13-,14-,16-,17-,18+,22-,23+,24-/m1/s1. The first-order valence-corrected chi connectivity index (χ1v) is 11.4. The fourth-order valence-corrected chi connectivity index (χ4v) is 7.94. The van der Waals surface area contributed by atoms with E-state index in [0.29, 0.717) is 32.1 Å². The van der Waals surface area contributed by atoms with Gasteiger partial charge in [0.2, 0.25) is 0 Å².